The van der Waals surface area contributed by atoms with E-state index in [1.54, 1.807) is 11.1 Å². The molecule has 0 fully saturated rings. The zero-order valence-electron chi connectivity index (χ0n) is 10.9. The Morgan fingerprint density at radius 2 is 1.94 bits per heavy atom. The van der Waals surface area contributed by atoms with Gasteiger partial charge < -0.3 is 0 Å². The van der Waals surface area contributed by atoms with Crippen LogP contribution in [0.4, 0.5) is 0 Å². The van der Waals surface area contributed by atoms with E-state index in [4.69, 9.17) is 5.26 Å². The zero-order valence-corrected chi connectivity index (χ0v) is 10.9. The lowest BCUT2D eigenvalue weighted by molar-refractivity contribution is 0.237. The summed E-state index contributed by atoms with van der Waals surface area (Å²) in [6.45, 7) is 7.09. The Hall–Kier alpha value is -0.770. The van der Waals surface area contributed by atoms with Crippen molar-refractivity contribution in [3.8, 4) is 6.07 Å². The Bertz CT molecular complexity index is 356. The van der Waals surface area contributed by atoms with Gasteiger partial charge in [-0.1, -0.05) is 31.9 Å². The molecule has 2 aliphatic rings. The topological polar surface area (TPSA) is 23.8 Å². The molecule has 0 aromatic carbocycles. The number of hydrogen-bond acceptors (Lipinski definition) is 1. The molecule has 1 nitrogen and oxygen atoms in total. The molecule has 2 rings (SSSR count). The standard InChI is InChI=1S/C15H23N/c1-14(2)7-4-5-12-11-15(3,9-10-16)8-6-13(12)14/h4-9,11H2,1-3H3. The van der Waals surface area contributed by atoms with E-state index in [0.717, 1.165) is 6.42 Å². The number of nitrogens with zero attached hydrogens (tertiary/aromatic N) is 1. The van der Waals surface area contributed by atoms with Crippen LogP contribution in [0.2, 0.25) is 0 Å². The van der Waals surface area contributed by atoms with Crippen molar-refractivity contribution in [1.29, 1.82) is 5.26 Å². The van der Waals surface area contributed by atoms with Crippen molar-refractivity contribution in [2.45, 2.75) is 65.7 Å². The number of allylic oxidation sites excluding steroid dienone is 2. The highest BCUT2D eigenvalue weighted by atomic mass is 14.4. The van der Waals surface area contributed by atoms with Crippen LogP contribution in [0.15, 0.2) is 11.1 Å². The van der Waals surface area contributed by atoms with Crippen molar-refractivity contribution >= 4 is 0 Å². The third-order valence-corrected chi connectivity index (χ3v) is 4.65. The van der Waals surface area contributed by atoms with Crippen LogP contribution in [-0.4, -0.2) is 0 Å². The van der Waals surface area contributed by atoms with Gasteiger partial charge in [0.15, 0.2) is 0 Å². The first kappa shape index (κ1) is 11.7. The number of nitriles is 1. The van der Waals surface area contributed by atoms with Gasteiger partial charge in [0.25, 0.3) is 0 Å². The second-order valence-electron chi connectivity index (χ2n) is 6.64. The summed E-state index contributed by atoms with van der Waals surface area (Å²) < 4.78 is 0. The van der Waals surface area contributed by atoms with Gasteiger partial charge in [0.2, 0.25) is 0 Å². The number of rotatable bonds is 1. The largest absolute Gasteiger partial charge is 0.198 e. The second-order valence-corrected chi connectivity index (χ2v) is 6.64. The van der Waals surface area contributed by atoms with Gasteiger partial charge in [-0.25, -0.2) is 0 Å². The molecule has 0 bridgehead atoms. The first-order valence-electron chi connectivity index (χ1n) is 6.55. The van der Waals surface area contributed by atoms with Crippen LogP contribution in [0.25, 0.3) is 0 Å². The lowest BCUT2D eigenvalue weighted by atomic mass is 9.62. The fourth-order valence-corrected chi connectivity index (χ4v) is 3.61. The maximum Gasteiger partial charge on any atom is 0.0627 e. The first-order valence-corrected chi connectivity index (χ1v) is 6.55. The van der Waals surface area contributed by atoms with Gasteiger partial charge in [-0.05, 0) is 49.4 Å². The molecule has 0 N–H and O–H groups in total. The average molecular weight is 217 g/mol. The van der Waals surface area contributed by atoms with Crippen LogP contribution in [-0.2, 0) is 0 Å². The average Bonchev–Trinajstić information content (AvgIpc) is 2.16. The maximum atomic E-state index is 8.92. The van der Waals surface area contributed by atoms with Crippen LogP contribution < -0.4 is 0 Å². The lowest BCUT2D eigenvalue weighted by Crippen LogP contribution is -2.29. The van der Waals surface area contributed by atoms with Crippen molar-refractivity contribution < 1.29 is 0 Å². The fourth-order valence-electron chi connectivity index (χ4n) is 3.61. The second kappa shape index (κ2) is 3.91. The van der Waals surface area contributed by atoms with Gasteiger partial charge in [0.1, 0.15) is 0 Å². The highest BCUT2D eigenvalue weighted by Crippen LogP contribution is 2.51. The smallest absolute Gasteiger partial charge is 0.0627 e. The first-order chi connectivity index (χ1) is 7.47. The van der Waals surface area contributed by atoms with Crippen molar-refractivity contribution in [3.63, 3.8) is 0 Å². The van der Waals surface area contributed by atoms with E-state index in [9.17, 15) is 0 Å². The molecule has 1 unspecified atom stereocenters. The minimum Gasteiger partial charge on any atom is -0.198 e. The van der Waals surface area contributed by atoms with Gasteiger partial charge in [0, 0.05) is 6.42 Å². The summed E-state index contributed by atoms with van der Waals surface area (Å²) in [4.78, 5) is 0. The molecule has 0 spiro atoms. The van der Waals surface area contributed by atoms with Crippen LogP contribution in [0.1, 0.15) is 65.7 Å². The molecule has 1 heteroatoms. The summed E-state index contributed by atoms with van der Waals surface area (Å²) in [5, 5.41) is 8.92. The highest BCUT2D eigenvalue weighted by Gasteiger charge is 2.37. The predicted molar refractivity (Wildman–Crippen MR) is 66.8 cm³/mol. The summed E-state index contributed by atoms with van der Waals surface area (Å²) in [6.07, 6.45) is 8.34. The van der Waals surface area contributed by atoms with Crippen LogP contribution in [0.5, 0.6) is 0 Å². The third-order valence-electron chi connectivity index (χ3n) is 4.65. The molecule has 2 aliphatic carbocycles. The van der Waals surface area contributed by atoms with E-state index < -0.39 is 0 Å². The van der Waals surface area contributed by atoms with Crippen LogP contribution in [0.3, 0.4) is 0 Å². The fraction of sp³-hybridized carbons (Fsp3) is 0.800. The van der Waals surface area contributed by atoms with E-state index >= 15 is 0 Å². The summed E-state index contributed by atoms with van der Waals surface area (Å²) in [5.74, 6) is 0. The van der Waals surface area contributed by atoms with Gasteiger partial charge in [-0.3, -0.25) is 0 Å². The quantitative estimate of drug-likeness (QED) is 0.589. The van der Waals surface area contributed by atoms with E-state index in [1.165, 1.54) is 38.5 Å². The zero-order chi connectivity index (χ0) is 11.8. The Morgan fingerprint density at radius 3 is 2.62 bits per heavy atom. The Balaban J connectivity index is 2.24. The van der Waals surface area contributed by atoms with Gasteiger partial charge in [-0.15, -0.1) is 0 Å². The van der Waals surface area contributed by atoms with E-state index in [-0.39, 0.29) is 5.41 Å². The molecule has 16 heavy (non-hydrogen) atoms. The molecule has 0 saturated heterocycles. The highest BCUT2D eigenvalue weighted by molar-refractivity contribution is 5.28. The lowest BCUT2D eigenvalue weighted by Gasteiger charge is -2.43. The van der Waals surface area contributed by atoms with Crippen molar-refractivity contribution in [2.24, 2.45) is 10.8 Å². The van der Waals surface area contributed by atoms with Crippen LogP contribution in [0, 0.1) is 22.2 Å². The minimum absolute atomic E-state index is 0.265. The summed E-state index contributed by atoms with van der Waals surface area (Å²) >= 11 is 0. The summed E-state index contributed by atoms with van der Waals surface area (Å²) in [6, 6.07) is 2.37. The van der Waals surface area contributed by atoms with E-state index in [2.05, 4.69) is 26.8 Å². The SMILES string of the molecule is CC1(CC#N)CCC2=C(CCCC2(C)C)C1. The minimum atomic E-state index is 0.265. The molecule has 0 heterocycles. The van der Waals surface area contributed by atoms with Gasteiger partial charge in [-0.2, -0.15) is 5.26 Å². The Morgan fingerprint density at radius 1 is 1.19 bits per heavy atom. The van der Waals surface area contributed by atoms with Crippen LogP contribution >= 0.6 is 0 Å². The van der Waals surface area contributed by atoms with Crippen molar-refractivity contribution in [1.82, 2.24) is 0 Å². The number of hydrogen-bond donors (Lipinski definition) is 0. The molecule has 0 saturated carbocycles. The molecule has 88 valence electrons. The molecule has 0 aromatic rings. The molecule has 0 aliphatic heterocycles. The monoisotopic (exact) mass is 217 g/mol. The molecule has 0 radical (unpaired) electrons. The molecular formula is C15H23N. The van der Waals surface area contributed by atoms with E-state index in [1.807, 2.05) is 0 Å². The van der Waals surface area contributed by atoms with E-state index in [0.29, 0.717) is 5.41 Å². The van der Waals surface area contributed by atoms with Gasteiger partial charge >= 0.3 is 0 Å². The Labute approximate surface area is 99.5 Å². The maximum absolute atomic E-state index is 8.92. The third kappa shape index (κ3) is 2.03. The molecule has 0 aromatic heterocycles. The summed E-state index contributed by atoms with van der Waals surface area (Å²) in [5.41, 5.74) is 4.12. The Kier molecular flexibility index (Phi) is 2.86. The molecule has 0 amide bonds. The normalized spacial score (nSPS) is 33.1. The molecular weight excluding hydrogens is 194 g/mol. The van der Waals surface area contributed by atoms with Gasteiger partial charge in [0.05, 0.1) is 6.07 Å². The summed E-state index contributed by atoms with van der Waals surface area (Å²) in [7, 11) is 0. The predicted octanol–water partition coefficient (Wildman–Crippen LogP) is 4.60. The van der Waals surface area contributed by atoms with Crippen molar-refractivity contribution in [3.05, 3.63) is 11.1 Å². The van der Waals surface area contributed by atoms with Crippen molar-refractivity contribution in [2.75, 3.05) is 0 Å². The molecule has 1 atom stereocenters.